The molecule has 1 N–H and O–H groups in total. The molecule has 2 aromatic heterocycles. The summed E-state index contributed by atoms with van der Waals surface area (Å²) in [5, 5.41) is 16.2. The van der Waals surface area contributed by atoms with Gasteiger partial charge in [0.25, 0.3) is 11.2 Å². The fourth-order valence-electron chi connectivity index (χ4n) is 2.86. The predicted molar refractivity (Wildman–Crippen MR) is 107 cm³/mol. The van der Waals surface area contributed by atoms with E-state index in [1.165, 1.54) is 29.0 Å². The van der Waals surface area contributed by atoms with Crippen LogP contribution in [0.15, 0.2) is 46.4 Å². The molecular weight excluding hydrogens is 382 g/mol. The van der Waals surface area contributed by atoms with Gasteiger partial charge in [-0.05, 0) is 30.4 Å². The molecule has 11 heteroatoms. The summed E-state index contributed by atoms with van der Waals surface area (Å²) in [5.41, 5.74) is 3.67. The zero-order chi connectivity index (χ0) is 20.0. The lowest BCUT2D eigenvalue weighted by molar-refractivity contribution is -0.384. The van der Waals surface area contributed by atoms with E-state index in [0.717, 1.165) is 0 Å². The fraction of sp³-hybridized carbons (Fsp3) is 0.118. The molecule has 0 saturated heterocycles. The molecule has 0 aliphatic carbocycles. The number of hydrogen-bond donors (Lipinski definition) is 1. The molecule has 10 nitrogen and oxygen atoms in total. The van der Waals surface area contributed by atoms with Gasteiger partial charge in [0.1, 0.15) is 5.71 Å². The Morgan fingerprint density at radius 3 is 2.86 bits per heavy atom. The summed E-state index contributed by atoms with van der Waals surface area (Å²) >= 11 is 5.18. The summed E-state index contributed by atoms with van der Waals surface area (Å²) in [6.45, 7) is 0. The number of hydrogen-bond acceptors (Lipinski definition) is 7. The van der Waals surface area contributed by atoms with Gasteiger partial charge >= 0.3 is 0 Å². The van der Waals surface area contributed by atoms with Gasteiger partial charge in [0.15, 0.2) is 16.6 Å². The standard InChI is InChI=1S/C17H13N7O3S/c1-22(2)17(28)21-20-13-11-8-9(24(26)27)5-6-12(11)23-15(13)19-14-10(16(23)25)4-3-7-18-14/h3-8H,1-2H3,(H,21,28)/b20-13+. The van der Waals surface area contributed by atoms with E-state index in [1.807, 2.05) is 0 Å². The van der Waals surface area contributed by atoms with Gasteiger partial charge in [-0.2, -0.15) is 5.10 Å². The Morgan fingerprint density at radius 2 is 2.14 bits per heavy atom. The Kier molecular flexibility index (Phi) is 4.08. The number of rotatable bonds is 2. The van der Waals surface area contributed by atoms with Gasteiger partial charge in [-0.1, -0.05) is 0 Å². The SMILES string of the molecule is CN(C)C(=S)N/N=C1\c2cc([N+](=O)[O-])ccc2-n2c1nc1ncccc1c2=O. The third-order valence-corrected chi connectivity index (χ3v) is 4.67. The summed E-state index contributed by atoms with van der Waals surface area (Å²) in [6, 6.07) is 7.49. The number of hydrazone groups is 1. The lowest BCUT2D eigenvalue weighted by Crippen LogP contribution is -2.32. The lowest BCUT2D eigenvalue weighted by atomic mass is 10.1. The highest BCUT2D eigenvalue weighted by Gasteiger charge is 2.31. The fourth-order valence-corrected chi connectivity index (χ4v) is 2.90. The normalized spacial score (nSPS) is 13.3. The largest absolute Gasteiger partial charge is 0.354 e. The van der Waals surface area contributed by atoms with Crippen LogP contribution in [-0.4, -0.2) is 49.3 Å². The minimum atomic E-state index is -0.507. The Morgan fingerprint density at radius 1 is 1.36 bits per heavy atom. The number of nitrogens with one attached hydrogen (secondary N) is 1. The maximum Gasteiger partial charge on any atom is 0.270 e. The average Bonchev–Trinajstić information content (AvgIpc) is 2.99. The third-order valence-electron chi connectivity index (χ3n) is 4.21. The maximum atomic E-state index is 13.0. The van der Waals surface area contributed by atoms with Crippen LogP contribution < -0.4 is 11.0 Å². The molecule has 0 amide bonds. The highest BCUT2D eigenvalue weighted by atomic mass is 32.1. The van der Waals surface area contributed by atoms with Crippen LogP contribution in [0.1, 0.15) is 11.4 Å². The smallest absolute Gasteiger partial charge is 0.270 e. The first-order valence-electron chi connectivity index (χ1n) is 8.11. The summed E-state index contributed by atoms with van der Waals surface area (Å²) in [7, 11) is 3.49. The zero-order valence-corrected chi connectivity index (χ0v) is 15.6. The van der Waals surface area contributed by atoms with E-state index in [1.54, 1.807) is 31.1 Å². The zero-order valence-electron chi connectivity index (χ0n) is 14.8. The van der Waals surface area contributed by atoms with E-state index in [9.17, 15) is 14.9 Å². The molecule has 0 spiro atoms. The van der Waals surface area contributed by atoms with E-state index in [-0.39, 0.29) is 28.4 Å². The molecule has 1 aromatic carbocycles. The third kappa shape index (κ3) is 2.68. The molecule has 28 heavy (non-hydrogen) atoms. The second kappa shape index (κ2) is 6.46. The first kappa shape index (κ1) is 17.7. The number of aromatic nitrogens is 3. The van der Waals surface area contributed by atoms with Crippen molar-refractivity contribution in [2.24, 2.45) is 5.10 Å². The minimum absolute atomic E-state index is 0.120. The van der Waals surface area contributed by atoms with E-state index < -0.39 is 4.92 Å². The number of non-ortho nitro benzene ring substituents is 1. The van der Waals surface area contributed by atoms with Crippen LogP contribution >= 0.6 is 12.2 Å². The van der Waals surface area contributed by atoms with Crippen LogP contribution in [0, 0.1) is 10.1 Å². The molecule has 1 aliphatic rings. The summed E-state index contributed by atoms with van der Waals surface area (Å²) in [6.07, 6.45) is 1.54. The minimum Gasteiger partial charge on any atom is -0.354 e. The quantitative estimate of drug-likeness (QED) is 0.305. The van der Waals surface area contributed by atoms with Crippen molar-refractivity contribution in [3.8, 4) is 5.69 Å². The van der Waals surface area contributed by atoms with Crippen molar-refractivity contribution in [2.75, 3.05) is 14.1 Å². The molecule has 0 unspecified atom stereocenters. The topological polar surface area (TPSA) is 119 Å². The Balaban J connectivity index is 2.01. The van der Waals surface area contributed by atoms with E-state index in [4.69, 9.17) is 12.2 Å². The monoisotopic (exact) mass is 395 g/mol. The molecule has 3 aromatic rings. The van der Waals surface area contributed by atoms with E-state index in [0.29, 0.717) is 21.7 Å². The van der Waals surface area contributed by atoms with Crippen LogP contribution in [0.4, 0.5) is 5.69 Å². The number of nitro benzene ring substituents is 1. The molecule has 0 saturated carbocycles. The Labute approximate surface area is 163 Å². The number of benzene rings is 1. The van der Waals surface area contributed by atoms with E-state index >= 15 is 0 Å². The van der Waals surface area contributed by atoms with Crippen molar-refractivity contribution in [1.82, 2.24) is 24.9 Å². The number of nitrogens with zero attached hydrogens (tertiary/aromatic N) is 6. The molecule has 1 aliphatic heterocycles. The van der Waals surface area contributed by atoms with Crippen LogP contribution in [0.5, 0.6) is 0 Å². The van der Waals surface area contributed by atoms with Crippen molar-refractivity contribution >= 4 is 39.8 Å². The van der Waals surface area contributed by atoms with Gasteiger partial charge in [0.05, 0.1) is 16.0 Å². The highest BCUT2D eigenvalue weighted by molar-refractivity contribution is 7.80. The molecule has 140 valence electrons. The van der Waals surface area contributed by atoms with Crippen molar-refractivity contribution < 1.29 is 4.92 Å². The number of nitro groups is 1. The molecule has 3 heterocycles. The van der Waals surface area contributed by atoms with Gasteiger partial charge in [-0.15, -0.1) is 0 Å². The van der Waals surface area contributed by atoms with Crippen molar-refractivity contribution in [3.05, 3.63) is 68.4 Å². The number of fused-ring (bicyclic) bond motifs is 4. The summed E-state index contributed by atoms with van der Waals surface area (Å²) in [4.78, 5) is 34.0. The first-order valence-corrected chi connectivity index (χ1v) is 8.51. The van der Waals surface area contributed by atoms with Gasteiger partial charge < -0.3 is 4.90 Å². The number of thiocarbonyl (C=S) groups is 1. The summed E-state index contributed by atoms with van der Waals surface area (Å²) < 4.78 is 1.38. The number of pyridine rings is 1. The Bertz CT molecular complexity index is 1250. The molecule has 0 atom stereocenters. The first-order chi connectivity index (χ1) is 13.4. The van der Waals surface area contributed by atoms with Crippen LogP contribution in [0.3, 0.4) is 0 Å². The van der Waals surface area contributed by atoms with Gasteiger partial charge in [-0.3, -0.25) is 24.9 Å². The second-order valence-electron chi connectivity index (χ2n) is 6.18. The van der Waals surface area contributed by atoms with Crippen molar-refractivity contribution in [1.29, 1.82) is 0 Å². The molecule has 4 rings (SSSR count). The van der Waals surface area contributed by atoms with Gasteiger partial charge in [0.2, 0.25) is 0 Å². The summed E-state index contributed by atoms with van der Waals surface area (Å²) in [5.74, 6) is 0.237. The maximum absolute atomic E-state index is 13.0. The van der Waals surface area contributed by atoms with Crippen molar-refractivity contribution in [3.63, 3.8) is 0 Å². The van der Waals surface area contributed by atoms with Crippen LogP contribution in [0.2, 0.25) is 0 Å². The molecule has 0 radical (unpaired) electrons. The highest BCUT2D eigenvalue weighted by Crippen LogP contribution is 2.29. The van der Waals surface area contributed by atoms with Gasteiger partial charge in [-0.25, -0.2) is 9.97 Å². The molecule has 0 bridgehead atoms. The van der Waals surface area contributed by atoms with Crippen molar-refractivity contribution in [2.45, 2.75) is 0 Å². The van der Waals surface area contributed by atoms with Crippen LogP contribution in [-0.2, 0) is 0 Å². The predicted octanol–water partition coefficient (Wildman–Crippen LogP) is 1.19. The Hall–Kier alpha value is -3.73. The van der Waals surface area contributed by atoms with Gasteiger partial charge in [0, 0.05) is 38.0 Å². The lowest BCUT2D eigenvalue weighted by Gasteiger charge is -2.12. The van der Waals surface area contributed by atoms with E-state index in [2.05, 4.69) is 20.5 Å². The molecular formula is C17H13N7O3S. The molecule has 0 fully saturated rings. The average molecular weight is 395 g/mol. The second-order valence-corrected chi connectivity index (χ2v) is 6.57. The van der Waals surface area contributed by atoms with Crippen LogP contribution in [0.25, 0.3) is 16.7 Å².